The number of imide groups is 1. The van der Waals surface area contributed by atoms with Gasteiger partial charge in [0.25, 0.3) is 0 Å². The molecule has 20 heavy (non-hydrogen) atoms. The topological polar surface area (TPSA) is 87.5 Å². The standard InChI is InChI=1S/C14H28N4O2/c1-10-5-6-18(8-11(10)7-15)9-12(19)16-13(20)17-14(2,3)4/h10-11H,5-9,15H2,1-4H3,(H2,16,17,19,20). The van der Waals surface area contributed by atoms with Crippen LogP contribution in [0.25, 0.3) is 0 Å². The summed E-state index contributed by atoms with van der Waals surface area (Å²) in [6, 6.07) is -0.441. The summed E-state index contributed by atoms with van der Waals surface area (Å²) in [4.78, 5) is 25.5. The van der Waals surface area contributed by atoms with Gasteiger partial charge >= 0.3 is 6.03 Å². The molecular formula is C14H28N4O2. The molecular weight excluding hydrogens is 256 g/mol. The Balaban J connectivity index is 2.37. The number of carbonyl (C=O) groups is 2. The number of likely N-dealkylation sites (tertiary alicyclic amines) is 1. The number of nitrogens with one attached hydrogen (secondary N) is 2. The Morgan fingerprint density at radius 1 is 1.35 bits per heavy atom. The van der Waals surface area contributed by atoms with Gasteiger partial charge in [0, 0.05) is 12.1 Å². The van der Waals surface area contributed by atoms with Gasteiger partial charge < -0.3 is 11.1 Å². The SMILES string of the molecule is CC1CCN(CC(=O)NC(=O)NC(C)(C)C)CC1CN. The lowest BCUT2D eigenvalue weighted by atomic mass is 9.87. The Bertz CT molecular complexity index is 352. The van der Waals surface area contributed by atoms with Crippen molar-refractivity contribution in [2.75, 3.05) is 26.2 Å². The highest BCUT2D eigenvalue weighted by molar-refractivity contribution is 5.95. The van der Waals surface area contributed by atoms with Gasteiger partial charge in [-0.25, -0.2) is 4.79 Å². The molecule has 4 N–H and O–H groups in total. The van der Waals surface area contributed by atoms with Crippen molar-refractivity contribution in [1.82, 2.24) is 15.5 Å². The maximum atomic E-state index is 11.8. The normalized spacial score (nSPS) is 24.2. The number of hydrogen-bond donors (Lipinski definition) is 3. The molecule has 1 heterocycles. The fraction of sp³-hybridized carbons (Fsp3) is 0.857. The van der Waals surface area contributed by atoms with Crippen molar-refractivity contribution in [3.8, 4) is 0 Å². The summed E-state index contributed by atoms with van der Waals surface area (Å²) in [5.74, 6) is 0.764. The molecule has 0 bridgehead atoms. The van der Waals surface area contributed by atoms with E-state index in [2.05, 4.69) is 22.5 Å². The second kappa shape index (κ2) is 7.04. The van der Waals surface area contributed by atoms with Crippen molar-refractivity contribution in [2.45, 2.75) is 39.7 Å². The van der Waals surface area contributed by atoms with Crippen LogP contribution in [0.3, 0.4) is 0 Å². The monoisotopic (exact) mass is 284 g/mol. The van der Waals surface area contributed by atoms with Gasteiger partial charge in [-0.3, -0.25) is 15.0 Å². The van der Waals surface area contributed by atoms with Crippen LogP contribution < -0.4 is 16.4 Å². The van der Waals surface area contributed by atoms with E-state index in [1.807, 2.05) is 20.8 Å². The van der Waals surface area contributed by atoms with Crippen LogP contribution in [-0.2, 0) is 4.79 Å². The van der Waals surface area contributed by atoms with Crippen LogP contribution in [0.1, 0.15) is 34.1 Å². The van der Waals surface area contributed by atoms with Gasteiger partial charge in [0.2, 0.25) is 5.91 Å². The Morgan fingerprint density at radius 2 is 2.00 bits per heavy atom. The zero-order chi connectivity index (χ0) is 15.3. The van der Waals surface area contributed by atoms with E-state index in [0.29, 0.717) is 18.4 Å². The van der Waals surface area contributed by atoms with E-state index >= 15 is 0 Å². The minimum Gasteiger partial charge on any atom is -0.333 e. The molecule has 0 saturated carbocycles. The Labute approximate surface area is 121 Å². The van der Waals surface area contributed by atoms with Gasteiger partial charge in [-0.15, -0.1) is 0 Å². The van der Waals surface area contributed by atoms with Crippen LogP contribution in [0.5, 0.6) is 0 Å². The summed E-state index contributed by atoms with van der Waals surface area (Å²) in [5.41, 5.74) is 5.39. The van der Waals surface area contributed by atoms with E-state index in [4.69, 9.17) is 5.73 Å². The van der Waals surface area contributed by atoms with E-state index in [0.717, 1.165) is 19.5 Å². The number of nitrogens with zero attached hydrogens (tertiary/aromatic N) is 1. The highest BCUT2D eigenvalue weighted by atomic mass is 16.2. The molecule has 0 aliphatic carbocycles. The van der Waals surface area contributed by atoms with Gasteiger partial charge in [-0.2, -0.15) is 0 Å². The number of urea groups is 1. The average molecular weight is 284 g/mol. The van der Waals surface area contributed by atoms with Crippen LogP contribution in [0.15, 0.2) is 0 Å². The number of carbonyl (C=O) groups excluding carboxylic acids is 2. The molecule has 6 heteroatoms. The third-order valence-corrected chi connectivity index (χ3v) is 3.61. The second-order valence-electron chi connectivity index (χ2n) is 6.75. The number of piperidine rings is 1. The summed E-state index contributed by atoms with van der Waals surface area (Å²) < 4.78 is 0. The molecule has 116 valence electrons. The minimum absolute atomic E-state index is 0.251. The van der Waals surface area contributed by atoms with Crippen molar-refractivity contribution in [3.63, 3.8) is 0 Å². The van der Waals surface area contributed by atoms with E-state index in [-0.39, 0.29) is 18.0 Å². The fourth-order valence-corrected chi connectivity index (χ4v) is 2.42. The van der Waals surface area contributed by atoms with Gasteiger partial charge in [0.05, 0.1) is 6.54 Å². The highest BCUT2D eigenvalue weighted by Crippen LogP contribution is 2.21. The van der Waals surface area contributed by atoms with Crippen LogP contribution >= 0.6 is 0 Å². The van der Waals surface area contributed by atoms with E-state index in [1.54, 1.807) is 0 Å². The first-order valence-corrected chi connectivity index (χ1v) is 7.25. The first-order valence-electron chi connectivity index (χ1n) is 7.25. The smallest absolute Gasteiger partial charge is 0.321 e. The number of nitrogens with two attached hydrogens (primary N) is 1. The molecule has 2 unspecified atom stereocenters. The molecule has 1 aliphatic heterocycles. The molecule has 3 amide bonds. The zero-order valence-electron chi connectivity index (χ0n) is 13.0. The molecule has 1 aliphatic rings. The van der Waals surface area contributed by atoms with Gasteiger partial charge in [-0.05, 0) is 52.1 Å². The molecule has 0 aromatic carbocycles. The highest BCUT2D eigenvalue weighted by Gasteiger charge is 2.26. The largest absolute Gasteiger partial charge is 0.333 e. The predicted octanol–water partition coefficient (Wildman–Crippen LogP) is 0.527. The summed E-state index contributed by atoms with van der Waals surface area (Å²) in [6.45, 7) is 10.4. The minimum atomic E-state index is -0.441. The molecule has 1 saturated heterocycles. The lowest BCUT2D eigenvalue weighted by molar-refractivity contribution is -0.121. The van der Waals surface area contributed by atoms with Gasteiger partial charge in [0.15, 0.2) is 0 Å². The third kappa shape index (κ3) is 5.88. The summed E-state index contributed by atoms with van der Waals surface area (Å²) in [7, 11) is 0. The molecule has 1 fully saturated rings. The number of hydrogen-bond acceptors (Lipinski definition) is 4. The molecule has 2 atom stereocenters. The molecule has 6 nitrogen and oxygen atoms in total. The quantitative estimate of drug-likeness (QED) is 0.705. The molecule has 1 rings (SSSR count). The Hall–Kier alpha value is -1.14. The number of amides is 3. The Morgan fingerprint density at radius 3 is 2.55 bits per heavy atom. The van der Waals surface area contributed by atoms with Gasteiger partial charge in [0.1, 0.15) is 0 Å². The first kappa shape index (κ1) is 16.9. The maximum Gasteiger partial charge on any atom is 0.321 e. The van der Waals surface area contributed by atoms with Gasteiger partial charge in [-0.1, -0.05) is 6.92 Å². The van der Waals surface area contributed by atoms with Crippen LogP contribution in [0.2, 0.25) is 0 Å². The number of rotatable bonds is 3. The molecule has 0 aromatic heterocycles. The molecule has 0 radical (unpaired) electrons. The molecule has 0 spiro atoms. The summed E-state index contributed by atoms with van der Waals surface area (Å²) >= 11 is 0. The maximum absolute atomic E-state index is 11.8. The second-order valence-corrected chi connectivity index (χ2v) is 6.75. The lowest BCUT2D eigenvalue weighted by Gasteiger charge is -2.36. The van der Waals surface area contributed by atoms with E-state index in [9.17, 15) is 9.59 Å². The third-order valence-electron chi connectivity index (χ3n) is 3.61. The fourth-order valence-electron chi connectivity index (χ4n) is 2.42. The average Bonchev–Trinajstić information content (AvgIpc) is 2.28. The van der Waals surface area contributed by atoms with E-state index < -0.39 is 6.03 Å². The summed E-state index contributed by atoms with van der Waals surface area (Å²) in [6.07, 6.45) is 1.04. The lowest BCUT2D eigenvalue weighted by Crippen LogP contribution is -2.52. The van der Waals surface area contributed by atoms with Crippen molar-refractivity contribution >= 4 is 11.9 Å². The van der Waals surface area contributed by atoms with Crippen LogP contribution in [0.4, 0.5) is 4.79 Å². The van der Waals surface area contributed by atoms with Crippen LogP contribution in [0, 0.1) is 11.8 Å². The van der Waals surface area contributed by atoms with Crippen molar-refractivity contribution < 1.29 is 9.59 Å². The Kier molecular flexibility index (Phi) is 5.95. The van der Waals surface area contributed by atoms with Crippen molar-refractivity contribution in [1.29, 1.82) is 0 Å². The van der Waals surface area contributed by atoms with E-state index in [1.165, 1.54) is 0 Å². The van der Waals surface area contributed by atoms with Crippen molar-refractivity contribution in [2.24, 2.45) is 17.6 Å². The first-order chi connectivity index (χ1) is 9.21. The van der Waals surface area contributed by atoms with Crippen molar-refractivity contribution in [3.05, 3.63) is 0 Å². The van der Waals surface area contributed by atoms with Crippen LogP contribution in [-0.4, -0.2) is 48.6 Å². The zero-order valence-corrected chi connectivity index (χ0v) is 13.0. The molecule has 0 aromatic rings. The summed E-state index contributed by atoms with van der Waals surface area (Å²) in [5, 5.41) is 5.07. The predicted molar refractivity (Wildman–Crippen MR) is 79.2 cm³/mol.